The maximum absolute atomic E-state index is 12.2. The fourth-order valence-electron chi connectivity index (χ4n) is 2.24. The molecule has 1 aromatic heterocycles. The molecule has 1 atom stereocenters. The van der Waals surface area contributed by atoms with Crippen molar-refractivity contribution in [1.29, 1.82) is 0 Å². The van der Waals surface area contributed by atoms with Crippen LogP contribution in [0.2, 0.25) is 0 Å². The van der Waals surface area contributed by atoms with Crippen molar-refractivity contribution < 1.29 is 19.4 Å². The molecule has 20 heavy (non-hydrogen) atoms. The summed E-state index contributed by atoms with van der Waals surface area (Å²) in [6, 6.07) is -0.361. The highest BCUT2D eigenvalue weighted by atomic mass is 16.5. The summed E-state index contributed by atoms with van der Waals surface area (Å²) < 4.78 is 6.92. The van der Waals surface area contributed by atoms with Gasteiger partial charge in [-0.1, -0.05) is 0 Å². The third-order valence-electron chi connectivity index (χ3n) is 3.20. The summed E-state index contributed by atoms with van der Waals surface area (Å²) in [5.74, 6) is -0.944. The molecule has 0 radical (unpaired) electrons. The largest absolute Gasteiger partial charge is 0.481 e. The number of aryl methyl sites for hydroxylation is 1. The molecular formula is C12H18N4O4. The van der Waals surface area contributed by atoms with Crippen molar-refractivity contribution in [1.82, 2.24) is 19.7 Å². The smallest absolute Gasteiger partial charge is 0.305 e. The Kier molecular flexibility index (Phi) is 5.05. The summed E-state index contributed by atoms with van der Waals surface area (Å²) in [5, 5.41) is 12.8. The van der Waals surface area contributed by atoms with Crippen LogP contribution < -0.4 is 0 Å². The Hall–Kier alpha value is -1.96. The number of hydrogen-bond donors (Lipinski definition) is 1. The Balaban J connectivity index is 1.81. The molecular weight excluding hydrogens is 264 g/mol. The van der Waals surface area contributed by atoms with E-state index in [4.69, 9.17) is 9.84 Å². The van der Waals surface area contributed by atoms with Crippen molar-refractivity contribution in [2.75, 3.05) is 19.8 Å². The van der Waals surface area contributed by atoms with Gasteiger partial charge in [-0.2, -0.15) is 5.10 Å². The molecule has 0 saturated carbocycles. The number of nitrogens with zero attached hydrogens (tertiary/aromatic N) is 4. The Morgan fingerprint density at radius 3 is 3.00 bits per heavy atom. The number of morpholine rings is 1. The molecule has 0 spiro atoms. The predicted octanol–water partition coefficient (Wildman–Crippen LogP) is -0.240. The fourth-order valence-corrected chi connectivity index (χ4v) is 2.24. The van der Waals surface area contributed by atoms with Gasteiger partial charge in [0.2, 0.25) is 5.91 Å². The van der Waals surface area contributed by atoms with E-state index in [1.165, 1.54) is 6.33 Å². The number of carboxylic acids is 1. The lowest BCUT2D eigenvalue weighted by atomic mass is 10.1. The number of carbonyl (C=O) groups is 2. The molecule has 110 valence electrons. The monoisotopic (exact) mass is 282 g/mol. The molecule has 2 heterocycles. The van der Waals surface area contributed by atoms with Gasteiger partial charge in [-0.3, -0.25) is 14.3 Å². The van der Waals surface area contributed by atoms with Crippen molar-refractivity contribution in [2.24, 2.45) is 0 Å². The number of carboxylic acid groups (broad SMARTS) is 1. The Bertz CT molecular complexity index is 448. The lowest BCUT2D eigenvalue weighted by molar-refractivity contribution is -0.146. The van der Waals surface area contributed by atoms with Gasteiger partial charge in [-0.05, 0) is 6.42 Å². The van der Waals surface area contributed by atoms with E-state index in [-0.39, 0.29) is 18.4 Å². The summed E-state index contributed by atoms with van der Waals surface area (Å²) in [6.45, 7) is 1.84. The quantitative estimate of drug-likeness (QED) is 0.773. The van der Waals surface area contributed by atoms with Crippen molar-refractivity contribution in [3.63, 3.8) is 0 Å². The van der Waals surface area contributed by atoms with E-state index in [9.17, 15) is 9.59 Å². The predicted molar refractivity (Wildman–Crippen MR) is 67.8 cm³/mol. The summed E-state index contributed by atoms with van der Waals surface area (Å²) in [4.78, 5) is 28.4. The van der Waals surface area contributed by atoms with Crippen molar-refractivity contribution in [3.05, 3.63) is 12.7 Å². The zero-order valence-corrected chi connectivity index (χ0v) is 11.1. The minimum atomic E-state index is -0.916. The van der Waals surface area contributed by atoms with E-state index in [1.54, 1.807) is 15.9 Å². The zero-order valence-electron chi connectivity index (χ0n) is 11.1. The molecule has 1 aliphatic heterocycles. The van der Waals surface area contributed by atoms with E-state index in [1.807, 2.05) is 0 Å². The number of aliphatic carboxylic acids is 1. The van der Waals surface area contributed by atoms with Crippen molar-refractivity contribution in [3.8, 4) is 0 Å². The first kappa shape index (κ1) is 14.4. The molecule has 0 aliphatic carbocycles. The van der Waals surface area contributed by atoms with Gasteiger partial charge in [0.25, 0.3) is 0 Å². The van der Waals surface area contributed by atoms with E-state index in [2.05, 4.69) is 10.1 Å². The maximum atomic E-state index is 12.2. The van der Waals surface area contributed by atoms with Gasteiger partial charge in [0.1, 0.15) is 12.7 Å². The minimum absolute atomic E-state index is 0.0281. The van der Waals surface area contributed by atoms with Crippen LogP contribution in [0.3, 0.4) is 0 Å². The van der Waals surface area contributed by atoms with Gasteiger partial charge in [-0.25, -0.2) is 4.98 Å². The van der Waals surface area contributed by atoms with E-state index >= 15 is 0 Å². The van der Waals surface area contributed by atoms with Gasteiger partial charge >= 0.3 is 5.97 Å². The number of ether oxygens (including phenoxy) is 1. The first-order valence-corrected chi connectivity index (χ1v) is 6.58. The van der Waals surface area contributed by atoms with Gasteiger partial charge < -0.3 is 14.7 Å². The van der Waals surface area contributed by atoms with Crippen LogP contribution in [0.25, 0.3) is 0 Å². The Morgan fingerprint density at radius 1 is 1.45 bits per heavy atom. The second kappa shape index (κ2) is 6.99. The van der Waals surface area contributed by atoms with Crippen LogP contribution in [0.1, 0.15) is 19.3 Å². The molecule has 1 aliphatic rings. The summed E-state index contributed by atoms with van der Waals surface area (Å²) >= 11 is 0. The molecule has 1 aromatic rings. The van der Waals surface area contributed by atoms with Crippen LogP contribution in [0.5, 0.6) is 0 Å². The maximum Gasteiger partial charge on any atom is 0.305 e. The van der Waals surface area contributed by atoms with Crippen LogP contribution in [0.15, 0.2) is 12.7 Å². The first-order valence-electron chi connectivity index (χ1n) is 6.58. The molecule has 0 bridgehead atoms. The van der Waals surface area contributed by atoms with E-state index in [0.29, 0.717) is 39.1 Å². The third-order valence-corrected chi connectivity index (χ3v) is 3.20. The molecule has 1 N–H and O–H groups in total. The van der Waals surface area contributed by atoms with Gasteiger partial charge in [0.05, 0.1) is 25.7 Å². The van der Waals surface area contributed by atoms with Crippen molar-refractivity contribution >= 4 is 11.9 Å². The zero-order chi connectivity index (χ0) is 14.4. The summed E-state index contributed by atoms with van der Waals surface area (Å²) in [6.07, 6.45) is 4.00. The van der Waals surface area contributed by atoms with Crippen LogP contribution in [-0.4, -0.2) is 62.4 Å². The fraction of sp³-hybridized carbons (Fsp3) is 0.667. The van der Waals surface area contributed by atoms with E-state index in [0.717, 1.165) is 0 Å². The normalized spacial score (nSPS) is 19.0. The minimum Gasteiger partial charge on any atom is -0.481 e. The Labute approximate surface area is 116 Å². The SMILES string of the molecule is O=C(O)C[C@@H]1COCCN1C(=O)CCCn1cncn1. The highest BCUT2D eigenvalue weighted by Crippen LogP contribution is 2.13. The molecule has 0 aromatic carbocycles. The van der Waals surface area contributed by atoms with Crippen LogP contribution in [0, 0.1) is 0 Å². The number of hydrogen-bond acceptors (Lipinski definition) is 5. The summed E-state index contributed by atoms with van der Waals surface area (Å²) in [7, 11) is 0. The number of aromatic nitrogens is 3. The second-order valence-corrected chi connectivity index (χ2v) is 4.68. The average Bonchev–Trinajstić information content (AvgIpc) is 2.91. The lowest BCUT2D eigenvalue weighted by Gasteiger charge is -2.35. The molecule has 1 amide bonds. The van der Waals surface area contributed by atoms with Crippen LogP contribution in [0.4, 0.5) is 0 Å². The van der Waals surface area contributed by atoms with Crippen LogP contribution in [-0.2, 0) is 20.9 Å². The number of amides is 1. The standard InChI is InChI=1S/C12H18N4O4/c17-11(2-1-3-15-9-13-8-14-15)16-4-5-20-7-10(16)6-12(18)19/h8-10H,1-7H2,(H,18,19)/t10-/m1/s1. The molecule has 1 saturated heterocycles. The average molecular weight is 282 g/mol. The van der Waals surface area contributed by atoms with Gasteiger partial charge in [0.15, 0.2) is 0 Å². The topological polar surface area (TPSA) is 97.6 Å². The molecule has 0 unspecified atom stereocenters. The third kappa shape index (κ3) is 4.02. The molecule has 8 heteroatoms. The Morgan fingerprint density at radius 2 is 2.30 bits per heavy atom. The van der Waals surface area contributed by atoms with Crippen LogP contribution >= 0.6 is 0 Å². The van der Waals surface area contributed by atoms with E-state index < -0.39 is 5.97 Å². The van der Waals surface area contributed by atoms with Gasteiger partial charge in [-0.15, -0.1) is 0 Å². The highest BCUT2D eigenvalue weighted by Gasteiger charge is 2.28. The number of carbonyl (C=O) groups excluding carboxylic acids is 1. The first-order chi connectivity index (χ1) is 9.66. The summed E-state index contributed by atoms with van der Waals surface area (Å²) in [5.41, 5.74) is 0. The molecule has 8 nitrogen and oxygen atoms in total. The molecule has 2 rings (SSSR count). The molecule has 1 fully saturated rings. The lowest BCUT2D eigenvalue weighted by Crippen LogP contribution is -2.49. The second-order valence-electron chi connectivity index (χ2n) is 4.68. The van der Waals surface area contributed by atoms with Gasteiger partial charge in [0, 0.05) is 19.5 Å². The highest BCUT2D eigenvalue weighted by molar-refractivity contribution is 5.77. The van der Waals surface area contributed by atoms with Crippen molar-refractivity contribution in [2.45, 2.75) is 31.8 Å². The number of rotatable bonds is 6.